The van der Waals surface area contributed by atoms with Gasteiger partial charge in [0.25, 0.3) is 0 Å². The molecule has 3 rings (SSSR count). The fourth-order valence-electron chi connectivity index (χ4n) is 2.56. The number of ether oxygens (including phenoxy) is 1. The number of nitrogens with one attached hydrogen (secondary N) is 2. The van der Waals surface area contributed by atoms with Crippen LogP contribution in [0.3, 0.4) is 0 Å². The molecule has 0 atom stereocenters. The summed E-state index contributed by atoms with van der Waals surface area (Å²) in [6.07, 6.45) is -4.41. The molecule has 0 fully saturated rings. The molecule has 158 valence electrons. The lowest BCUT2D eigenvalue weighted by Crippen LogP contribution is -2.10. The van der Waals surface area contributed by atoms with Crippen LogP contribution in [0.4, 0.5) is 18.9 Å². The number of amidine groups is 1. The monoisotopic (exact) mass is 417 g/mol. The first-order valence-electron chi connectivity index (χ1n) is 8.77. The Hall–Kier alpha value is -3.56. The molecule has 9 heteroatoms. The molecule has 0 aliphatic heterocycles. The average molecular weight is 417 g/mol. The van der Waals surface area contributed by atoms with E-state index in [9.17, 15) is 13.2 Å². The maximum absolute atomic E-state index is 12.8. The molecule has 30 heavy (non-hydrogen) atoms. The van der Waals surface area contributed by atoms with Crippen molar-refractivity contribution in [1.82, 2.24) is 0 Å². The van der Waals surface area contributed by atoms with Crippen molar-refractivity contribution in [3.8, 4) is 11.5 Å². The molecule has 0 saturated heterocycles. The molecular weight excluding hydrogens is 395 g/mol. The number of hydrogen-bond donors (Lipinski definition) is 5. The van der Waals surface area contributed by atoms with Crippen molar-refractivity contribution in [3.63, 3.8) is 0 Å². The molecule has 0 unspecified atom stereocenters. The van der Waals surface area contributed by atoms with Gasteiger partial charge in [0.15, 0.2) is 0 Å². The summed E-state index contributed by atoms with van der Waals surface area (Å²) in [5, 5.41) is 10.6. The molecule has 3 aromatic carbocycles. The van der Waals surface area contributed by atoms with E-state index in [1.807, 2.05) is 18.2 Å². The Balaban J connectivity index is 0.00000155. The molecule has 0 heterocycles. The van der Waals surface area contributed by atoms with Crippen molar-refractivity contribution >= 4 is 11.5 Å². The van der Waals surface area contributed by atoms with E-state index in [0.29, 0.717) is 17.9 Å². The summed E-state index contributed by atoms with van der Waals surface area (Å²) in [6, 6.07) is 19.0. The molecule has 0 spiro atoms. The quantitative estimate of drug-likeness (QED) is 0.178. The maximum atomic E-state index is 12.8. The average Bonchev–Trinajstić information content (AvgIpc) is 2.74. The minimum atomic E-state index is -4.41. The van der Waals surface area contributed by atoms with Crippen LogP contribution in [0.5, 0.6) is 11.5 Å². The Morgan fingerprint density at radius 1 is 0.900 bits per heavy atom. The second-order valence-electron chi connectivity index (χ2n) is 6.12. The van der Waals surface area contributed by atoms with Gasteiger partial charge in [-0.05, 0) is 60.2 Å². The second kappa shape index (κ2) is 10.3. The molecular formula is C21H22F3N5O. The number of halogens is 3. The summed E-state index contributed by atoms with van der Waals surface area (Å²) in [5.74, 6) is 8.58. The van der Waals surface area contributed by atoms with Crippen LogP contribution >= 0.6 is 0 Å². The Kier molecular flexibility index (Phi) is 7.79. The van der Waals surface area contributed by atoms with E-state index in [4.69, 9.17) is 15.9 Å². The standard InChI is InChI=1S/C21H18F3N3O.H4N2/c22-21(23,24)16-4-2-6-19(12-16)28-18-5-1-3-14(11-18)13-27-17-9-7-15(8-10-17)20(25)26;1-2/h1-12,27H,13H2,(H3,25,26);1-2H2. The van der Waals surface area contributed by atoms with Gasteiger partial charge in [-0.2, -0.15) is 13.2 Å². The van der Waals surface area contributed by atoms with Gasteiger partial charge in [0.05, 0.1) is 5.56 Å². The molecule has 0 aliphatic rings. The molecule has 6 nitrogen and oxygen atoms in total. The van der Waals surface area contributed by atoms with Crippen LogP contribution in [0.25, 0.3) is 0 Å². The van der Waals surface area contributed by atoms with Gasteiger partial charge in [0.1, 0.15) is 17.3 Å². The smallest absolute Gasteiger partial charge is 0.416 e. The summed E-state index contributed by atoms with van der Waals surface area (Å²) in [5.41, 5.74) is 7.07. The SMILES string of the molecule is N=C(N)c1ccc(NCc2cccc(Oc3cccc(C(F)(F)F)c3)c2)cc1.NN. The summed E-state index contributed by atoms with van der Waals surface area (Å²) in [4.78, 5) is 0. The van der Waals surface area contributed by atoms with Gasteiger partial charge in [0.2, 0.25) is 0 Å². The highest BCUT2D eigenvalue weighted by Gasteiger charge is 2.30. The number of hydrogen-bond acceptors (Lipinski definition) is 5. The Morgan fingerprint density at radius 3 is 2.10 bits per heavy atom. The van der Waals surface area contributed by atoms with E-state index in [0.717, 1.165) is 23.4 Å². The number of anilines is 1. The van der Waals surface area contributed by atoms with Gasteiger partial charge >= 0.3 is 6.18 Å². The van der Waals surface area contributed by atoms with Crippen molar-refractivity contribution in [2.45, 2.75) is 12.7 Å². The van der Waals surface area contributed by atoms with Gasteiger partial charge in [-0.15, -0.1) is 0 Å². The normalized spacial score (nSPS) is 10.6. The first kappa shape index (κ1) is 22.7. The fraction of sp³-hybridized carbons (Fsp3) is 0.0952. The number of nitrogens with two attached hydrogens (primary N) is 3. The first-order chi connectivity index (χ1) is 14.3. The summed E-state index contributed by atoms with van der Waals surface area (Å²) in [7, 11) is 0. The fourth-order valence-corrected chi connectivity index (χ4v) is 2.56. The molecule has 0 aromatic heterocycles. The lowest BCUT2D eigenvalue weighted by molar-refractivity contribution is -0.137. The van der Waals surface area contributed by atoms with E-state index in [-0.39, 0.29) is 11.6 Å². The highest BCUT2D eigenvalue weighted by Crippen LogP contribution is 2.32. The molecule has 0 amide bonds. The topological polar surface area (TPSA) is 123 Å². The first-order valence-corrected chi connectivity index (χ1v) is 8.77. The van der Waals surface area contributed by atoms with Gasteiger partial charge < -0.3 is 15.8 Å². The summed E-state index contributed by atoms with van der Waals surface area (Å²) >= 11 is 0. The predicted molar refractivity (Wildman–Crippen MR) is 111 cm³/mol. The van der Waals surface area contributed by atoms with Crippen LogP contribution in [-0.2, 0) is 12.7 Å². The molecule has 8 N–H and O–H groups in total. The Bertz CT molecular complexity index is 975. The molecule has 0 saturated carbocycles. The van der Waals surface area contributed by atoms with Crippen molar-refractivity contribution < 1.29 is 17.9 Å². The summed E-state index contributed by atoms with van der Waals surface area (Å²) < 4.78 is 44.0. The van der Waals surface area contributed by atoms with Crippen molar-refractivity contribution in [3.05, 3.63) is 89.5 Å². The van der Waals surface area contributed by atoms with Gasteiger partial charge in [-0.25, -0.2) is 0 Å². The van der Waals surface area contributed by atoms with Gasteiger partial charge in [0, 0.05) is 17.8 Å². The van der Waals surface area contributed by atoms with E-state index < -0.39 is 11.7 Å². The van der Waals surface area contributed by atoms with Crippen molar-refractivity contribution in [2.24, 2.45) is 17.4 Å². The van der Waals surface area contributed by atoms with Gasteiger partial charge in [-0.3, -0.25) is 17.1 Å². The number of benzene rings is 3. The van der Waals surface area contributed by atoms with Crippen molar-refractivity contribution in [2.75, 3.05) is 5.32 Å². The van der Waals surface area contributed by atoms with Crippen LogP contribution in [-0.4, -0.2) is 5.84 Å². The van der Waals surface area contributed by atoms with Crippen LogP contribution in [0.15, 0.2) is 72.8 Å². The molecule has 0 aliphatic carbocycles. The number of alkyl halides is 3. The van der Waals surface area contributed by atoms with Crippen LogP contribution in [0.1, 0.15) is 16.7 Å². The number of nitrogen functional groups attached to an aromatic ring is 1. The molecule has 3 aromatic rings. The van der Waals surface area contributed by atoms with Crippen molar-refractivity contribution in [1.29, 1.82) is 5.41 Å². The zero-order valence-electron chi connectivity index (χ0n) is 15.9. The third-order valence-corrected chi connectivity index (χ3v) is 3.99. The lowest BCUT2D eigenvalue weighted by Gasteiger charge is -2.11. The zero-order valence-corrected chi connectivity index (χ0v) is 15.9. The minimum absolute atomic E-state index is 0.00555. The Morgan fingerprint density at radius 2 is 1.50 bits per heavy atom. The highest BCUT2D eigenvalue weighted by molar-refractivity contribution is 5.95. The predicted octanol–water partition coefficient (Wildman–Crippen LogP) is 4.21. The van der Waals surface area contributed by atoms with E-state index in [1.165, 1.54) is 12.1 Å². The van der Waals surface area contributed by atoms with Crippen LogP contribution in [0, 0.1) is 5.41 Å². The summed E-state index contributed by atoms with van der Waals surface area (Å²) in [6.45, 7) is 0.499. The molecule has 0 bridgehead atoms. The number of rotatable bonds is 6. The largest absolute Gasteiger partial charge is 0.457 e. The zero-order chi connectivity index (χ0) is 22.1. The third kappa shape index (κ3) is 6.50. The van der Waals surface area contributed by atoms with Crippen LogP contribution < -0.4 is 27.5 Å². The van der Waals surface area contributed by atoms with E-state index in [1.54, 1.807) is 30.3 Å². The maximum Gasteiger partial charge on any atom is 0.416 e. The second-order valence-corrected chi connectivity index (χ2v) is 6.12. The van der Waals surface area contributed by atoms with Gasteiger partial charge in [-0.1, -0.05) is 18.2 Å². The third-order valence-electron chi connectivity index (χ3n) is 3.99. The molecule has 0 radical (unpaired) electrons. The van der Waals surface area contributed by atoms with E-state index >= 15 is 0 Å². The number of hydrazine groups is 1. The lowest BCUT2D eigenvalue weighted by atomic mass is 10.1. The minimum Gasteiger partial charge on any atom is -0.457 e. The highest BCUT2D eigenvalue weighted by atomic mass is 19.4. The van der Waals surface area contributed by atoms with Crippen LogP contribution in [0.2, 0.25) is 0 Å². The van der Waals surface area contributed by atoms with E-state index in [2.05, 4.69) is 17.0 Å². The Labute approximate surface area is 171 Å².